The van der Waals surface area contributed by atoms with Gasteiger partial charge >= 0.3 is 0 Å². The minimum absolute atomic E-state index is 0.117. The van der Waals surface area contributed by atoms with Crippen molar-refractivity contribution in [3.05, 3.63) is 33.6 Å². The van der Waals surface area contributed by atoms with Gasteiger partial charge in [0.2, 0.25) is 0 Å². The van der Waals surface area contributed by atoms with E-state index in [1.54, 1.807) is 6.07 Å². The van der Waals surface area contributed by atoms with Crippen LogP contribution in [0.4, 0.5) is 0 Å². The van der Waals surface area contributed by atoms with E-state index in [1.165, 1.54) is 0 Å². The summed E-state index contributed by atoms with van der Waals surface area (Å²) in [5.74, 6) is 0. The van der Waals surface area contributed by atoms with Crippen molar-refractivity contribution < 1.29 is 0 Å². The Morgan fingerprint density at radius 3 is 2.69 bits per heavy atom. The standard InChI is InChI=1S/C11H7Cl2N3/c1-2-6-3-4-8-10(15-6)9(12)7(5-14)11(13)16-8/h3-4H,2H2,1H3. The zero-order valence-corrected chi connectivity index (χ0v) is 9.97. The zero-order chi connectivity index (χ0) is 11.7. The molecule has 0 radical (unpaired) electrons. The van der Waals surface area contributed by atoms with Gasteiger partial charge in [-0.3, -0.25) is 0 Å². The highest BCUT2D eigenvalue weighted by Gasteiger charge is 2.13. The number of hydrogen-bond acceptors (Lipinski definition) is 3. The number of nitriles is 1. The maximum absolute atomic E-state index is 8.90. The average Bonchev–Trinajstić information content (AvgIpc) is 2.29. The highest BCUT2D eigenvalue weighted by atomic mass is 35.5. The zero-order valence-electron chi connectivity index (χ0n) is 8.46. The summed E-state index contributed by atoms with van der Waals surface area (Å²) in [5.41, 5.74) is 2.21. The summed E-state index contributed by atoms with van der Waals surface area (Å²) in [6.45, 7) is 2.00. The van der Waals surface area contributed by atoms with Crippen LogP contribution in [0.25, 0.3) is 11.0 Å². The van der Waals surface area contributed by atoms with Crippen LogP contribution in [-0.4, -0.2) is 9.97 Å². The summed E-state index contributed by atoms with van der Waals surface area (Å²) < 4.78 is 0. The molecule has 0 aliphatic rings. The second-order valence-electron chi connectivity index (χ2n) is 3.23. The van der Waals surface area contributed by atoms with Gasteiger partial charge in [0.25, 0.3) is 0 Å². The highest BCUT2D eigenvalue weighted by Crippen LogP contribution is 2.29. The molecular formula is C11H7Cl2N3. The fourth-order valence-electron chi connectivity index (χ4n) is 1.41. The smallest absolute Gasteiger partial charge is 0.149 e. The number of rotatable bonds is 1. The summed E-state index contributed by atoms with van der Waals surface area (Å²) in [6.07, 6.45) is 0.802. The van der Waals surface area contributed by atoms with Crippen molar-refractivity contribution in [3.63, 3.8) is 0 Å². The second kappa shape index (κ2) is 4.25. The molecule has 2 rings (SSSR count). The Bertz CT molecular complexity index is 602. The number of aryl methyl sites for hydroxylation is 1. The first-order valence-corrected chi connectivity index (χ1v) is 5.47. The molecule has 0 amide bonds. The van der Waals surface area contributed by atoms with E-state index in [4.69, 9.17) is 28.5 Å². The molecule has 0 spiro atoms. The number of aromatic nitrogens is 2. The molecule has 0 aliphatic heterocycles. The summed E-state index contributed by atoms with van der Waals surface area (Å²) in [4.78, 5) is 8.42. The Morgan fingerprint density at radius 2 is 2.06 bits per heavy atom. The second-order valence-corrected chi connectivity index (χ2v) is 3.96. The molecule has 2 aromatic heterocycles. The van der Waals surface area contributed by atoms with Crippen molar-refractivity contribution >= 4 is 34.2 Å². The molecule has 0 fully saturated rings. The third-order valence-electron chi connectivity index (χ3n) is 2.26. The molecule has 3 nitrogen and oxygen atoms in total. The maximum atomic E-state index is 8.90. The van der Waals surface area contributed by atoms with Gasteiger partial charge in [0.05, 0.1) is 10.5 Å². The molecule has 0 bridgehead atoms. The summed E-state index contributed by atoms with van der Waals surface area (Å²) in [7, 11) is 0. The Hall–Kier alpha value is -1.37. The molecule has 80 valence electrons. The Labute approximate surface area is 103 Å². The average molecular weight is 252 g/mol. The number of halogens is 2. The third-order valence-corrected chi connectivity index (χ3v) is 2.90. The van der Waals surface area contributed by atoms with Crippen molar-refractivity contribution in [2.45, 2.75) is 13.3 Å². The van der Waals surface area contributed by atoms with Crippen LogP contribution in [0.2, 0.25) is 10.2 Å². The van der Waals surface area contributed by atoms with E-state index in [9.17, 15) is 0 Å². The van der Waals surface area contributed by atoms with Gasteiger partial charge < -0.3 is 0 Å². The number of pyridine rings is 2. The topological polar surface area (TPSA) is 49.6 Å². The molecule has 0 aliphatic carbocycles. The normalized spacial score (nSPS) is 10.4. The molecular weight excluding hydrogens is 245 g/mol. The van der Waals surface area contributed by atoms with E-state index in [1.807, 2.05) is 19.1 Å². The quantitative estimate of drug-likeness (QED) is 0.731. The molecule has 2 heterocycles. The van der Waals surface area contributed by atoms with Crippen LogP contribution in [0.15, 0.2) is 12.1 Å². The van der Waals surface area contributed by atoms with Crippen molar-refractivity contribution in [1.82, 2.24) is 9.97 Å². The first-order valence-electron chi connectivity index (χ1n) is 4.72. The van der Waals surface area contributed by atoms with E-state index in [2.05, 4.69) is 9.97 Å². The van der Waals surface area contributed by atoms with Gasteiger partial charge in [-0.1, -0.05) is 30.1 Å². The fraction of sp³-hybridized carbons (Fsp3) is 0.182. The van der Waals surface area contributed by atoms with Crippen LogP contribution in [0, 0.1) is 11.3 Å². The van der Waals surface area contributed by atoms with Gasteiger partial charge in [-0.15, -0.1) is 0 Å². The highest BCUT2D eigenvalue weighted by molar-refractivity contribution is 6.39. The van der Waals surface area contributed by atoms with Crippen LogP contribution in [0.1, 0.15) is 18.2 Å². The minimum atomic E-state index is 0.117. The van der Waals surface area contributed by atoms with Gasteiger partial charge in [-0.25, -0.2) is 9.97 Å². The van der Waals surface area contributed by atoms with Crippen molar-refractivity contribution in [2.75, 3.05) is 0 Å². The van der Waals surface area contributed by atoms with Crippen LogP contribution < -0.4 is 0 Å². The predicted molar refractivity (Wildman–Crippen MR) is 63.7 cm³/mol. The lowest BCUT2D eigenvalue weighted by Crippen LogP contribution is -1.94. The van der Waals surface area contributed by atoms with Gasteiger partial charge in [-0.2, -0.15) is 5.26 Å². The van der Waals surface area contributed by atoms with E-state index >= 15 is 0 Å². The minimum Gasteiger partial charge on any atom is -0.250 e. The Balaban J connectivity index is 2.85. The summed E-state index contributed by atoms with van der Waals surface area (Å²) >= 11 is 11.9. The molecule has 0 N–H and O–H groups in total. The van der Waals surface area contributed by atoms with Crippen molar-refractivity contribution in [2.24, 2.45) is 0 Å². The van der Waals surface area contributed by atoms with E-state index < -0.39 is 0 Å². The lowest BCUT2D eigenvalue weighted by molar-refractivity contribution is 1.05. The molecule has 0 saturated heterocycles. The Morgan fingerprint density at radius 1 is 1.31 bits per heavy atom. The number of fused-ring (bicyclic) bond motifs is 1. The largest absolute Gasteiger partial charge is 0.250 e. The van der Waals surface area contributed by atoms with Crippen LogP contribution in [-0.2, 0) is 6.42 Å². The van der Waals surface area contributed by atoms with Gasteiger partial charge in [0.1, 0.15) is 22.3 Å². The molecule has 0 aromatic carbocycles. The first kappa shape index (κ1) is 11.1. The van der Waals surface area contributed by atoms with Crippen LogP contribution in [0.3, 0.4) is 0 Å². The first-order chi connectivity index (χ1) is 7.67. The summed E-state index contributed by atoms with van der Waals surface area (Å²) in [6, 6.07) is 5.60. The molecule has 0 atom stereocenters. The SMILES string of the molecule is CCc1ccc2nc(Cl)c(C#N)c(Cl)c2n1. The third kappa shape index (κ3) is 1.71. The van der Waals surface area contributed by atoms with Gasteiger partial charge in [-0.05, 0) is 18.6 Å². The van der Waals surface area contributed by atoms with Crippen LogP contribution in [0.5, 0.6) is 0 Å². The van der Waals surface area contributed by atoms with E-state index in [0.717, 1.165) is 12.1 Å². The fourth-order valence-corrected chi connectivity index (χ4v) is 1.95. The van der Waals surface area contributed by atoms with Gasteiger partial charge in [0, 0.05) is 5.69 Å². The monoisotopic (exact) mass is 251 g/mol. The van der Waals surface area contributed by atoms with Crippen LogP contribution >= 0.6 is 23.2 Å². The molecule has 16 heavy (non-hydrogen) atoms. The lowest BCUT2D eigenvalue weighted by Gasteiger charge is -2.04. The summed E-state index contributed by atoms with van der Waals surface area (Å²) in [5, 5.41) is 9.29. The number of hydrogen-bond donors (Lipinski definition) is 0. The molecule has 2 aromatic rings. The van der Waals surface area contributed by atoms with Crippen molar-refractivity contribution in [3.8, 4) is 6.07 Å². The van der Waals surface area contributed by atoms with Gasteiger partial charge in [0.15, 0.2) is 0 Å². The number of nitrogens with zero attached hydrogens (tertiary/aromatic N) is 3. The molecule has 0 unspecified atom stereocenters. The van der Waals surface area contributed by atoms with Crippen molar-refractivity contribution in [1.29, 1.82) is 5.26 Å². The molecule has 0 saturated carbocycles. The molecule has 5 heteroatoms. The Kier molecular flexibility index (Phi) is 2.95. The lowest BCUT2D eigenvalue weighted by atomic mass is 10.2. The predicted octanol–water partition coefficient (Wildman–Crippen LogP) is 3.37. The maximum Gasteiger partial charge on any atom is 0.149 e. The van der Waals surface area contributed by atoms with E-state index in [0.29, 0.717) is 11.0 Å². The van der Waals surface area contributed by atoms with E-state index in [-0.39, 0.29) is 15.7 Å².